The molecule has 0 bridgehead atoms. The molecule has 0 fully saturated rings. The van der Waals surface area contributed by atoms with Gasteiger partial charge in [-0.15, -0.1) is 11.8 Å². The molecule has 2 amide bonds. The molecule has 0 aromatic heterocycles. The first-order valence-corrected chi connectivity index (χ1v) is 11.7. The van der Waals surface area contributed by atoms with Crippen LogP contribution in [-0.4, -0.2) is 31.7 Å². The lowest BCUT2D eigenvalue weighted by Crippen LogP contribution is -2.20. The first kappa shape index (κ1) is 21.6. The average molecular weight is 457 g/mol. The summed E-state index contributed by atoms with van der Waals surface area (Å²) < 4.78 is 38.4. The third-order valence-electron chi connectivity index (χ3n) is 4.31. The highest BCUT2D eigenvalue weighted by Crippen LogP contribution is 2.34. The van der Waals surface area contributed by atoms with E-state index >= 15 is 0 Å². The Morgan fingerprint density at radius 3 is 2.79 bits per heavy atom. The molecule has 1 atom stereocenters. The fraction of sp³-hybridized carbons (Fsp3) is 0.263. The zero-order valence-electron chi connectivity index (χ0n) is 15.4. The molecule has 0 aliphatic carbocycles. The summed E-state index contributed by atoms with van der Waals surface area (Å²) in [4.78, 5) is 24.9. The van der Waals surface area contributed by atoms with Gasteiger partial charge in [0.15, 0.2) is 9.84 Å². The molecule has 0 radical (unpaired) electrons. The van der Waals surface area contributed by atoms with Crippen molar-refractivity contribution in [3.63, 3.8) is 0 Å². The van der Waals surface area contributed by atoms with Crippen molar-refractivity contribution in [1.82, 2.24) is 0 Å². The van der Waals surface area contributed by atoms with Gasteiger partial charge in [-0.25, -0.2) is 12.8 Å². The Kier molecular flexibility index (Phi) is 6.50. The van der Waals surface area contributed by atoms with Crippen LogP contribution in [0.3, 0.4) is 0 Å². The standard InChI is InChI=1S/C19H18ClFN2O4S2/c1-11-10-28-17-5-3-13(9-16(17)23-19(11)25)29(26,27)7-6-18(24)22-12-2-4-15(21)14(20)8-12/h2-5,8-9,11H,6-7,10H2,1H3,(H,22,24)(H,23,25)/t11-/m0/s1. The number of thioether (sulfide) groups is 1. The lowest BCUT2D eigenvalue weighted by Gasteiger charge is -2.10. The SMILES string of the molecule is C[C@H]1CSc2ccc(S(=O)(=O)CCC(=O)Nc3ccc(F)c(Cl)c3)cc2NC1=O. The molecule has 1 heterocycles. The van der Waals surface area contributed by atoms with Gasteiger partial charge in [0, 0.05) is 28.7 Å². The number of sulfone groups is 1. The second-order valence-electron chi connectivity index (χ2n) is 6.61. The van der Waals surface area contributed by atoms with Gasteiger partial charge in [0.2, 0.25) is 11.8 Å². The van der Waals surface area contributed by atoms with Crippen LogP contribution in [0.15, 0.2) is 46.2 Å². The molecule has 2 aromatic carbocycles. The zero-order chi connectivity index (χ0) is 21.2. The number of benzene rings is 2. The predicted octanol–water partition coefficient (Wildman–Crippen LogP) is 3.96. The molecule has 1 aliphatic rings. The Morgan fingerprint density at radius 2 is 2.07 bits per heavy atom. The van der Waals surface area contributed by atoms with E-state index in [0.29, 0.717) is 11.4 Å². The third kappa shape index (κ3) is 5.29. The van der Waals surface area contributed by atoms with Crippen LogP contribution in [0.5, 0.6) is 0 Å². The van der Waals surface area contributed by atoms with E-state index in [1.54, 1.807) is 13.0 Å². The molecule has 2 aromatic rings. The summed E-state index contributed by atoms with van der Waals surface area (Å²) in [5, 5.41) is 5.09. The number of hydrogen-bond donors (Lipinski definition) is 2. The van der Waals surface area contributed by atoms with Gasteiger partial charge in [-0.2, -0.15) is 0 Å². The number of hydrogen-bond acceptors (Lipinski definition) is 5. The van der Waals surface area contributed by atoms with E-state index in [-0.39, 0.29) is 33.9 Å². The van der Waals surface area contributed by atoms with Gasteiger partial charge in [-0.05, 0) is 36.4 Å². The highest BCUT2D eigenvalue weighted by molar-refractivity contribution is 7.99. The van der Waals surface area contributed by atoms with Crippen molar-refractivity contribution < 1.29 is 22.4 Å². The summed E-state index contributed by atoms with van der Waals surface area (Å²) in [6, 6.07) is 8.24. The molecule has 0 spiro atoms. The highest BCUT2D eigenvalue weighted by Gasteiger charge is 2.23. The second-order valence-corrected chi connectivity index (χ2v) is 10.2. The van der Waals surface area contributed by atoms with E-state index in [9.17, 15) is 22.4 Å². The lowest BCUT2D eigenvalue weighted by molar-refractivity contribution is -0.118. The van der Waals surface area contributed by atoms with E-state index in [1.807, 2.05) is 0 Å². The van der Waals surface area contributed by atoms with Crippen LogP contribution < -0.4 is 10.6 Å². The molecule has 6 nitrogen and oxygen atoms in total. The highest BCUT2D eigenvalue weighted by atomic mass is 35.5. The number of rotatable bonds is 5. The average Bonchev–Trinajstić information content (AvgIpc) is 2.81. The minimum Gasteiger partial charge on any atom is -0.326 e. The summed E-state index contributed by atoms with van der Waals surface area (Å²) in [6.07, 6.45) is -0.285. The molecule has 0 unspecified atom stereocenters. The maximum atomic E-state index is 13.2. The van der Waals surface area contributed by atoms with Gasteiger partial charge in [-0.1, -0.05) is 18.5 Å². The first-order valence-electron chi connectivity index (χ1n) is 8.71. The summed E-state index contributed by atoms with van der Waals surface area (Å²) in [6.45, 7) is 1.80. The Balaban J connectivity index is 1.68. The van der Waals surface area contributed by atoms with Crippen molar-refractivity contribution in [1.29, 1.82) is 0 Å². The van der Waals surface area contributed by atoms with Crippen molar-refractivity contribution >= 4 is 56.4 Å². The fourth-order valence-electron chi connectivity index (χ4n) is 2.61. The minimum absolute atomic E-state index is 0.0318. The monoisotopic (exact) mass is 456 g/mol. The minimum atomic E-state index is -3.75. The van der Waals surface area contributed by atoms with Crippen molar-refractivity contribution in [3.8, 4) is 0 Å². The van der Waals surface area contributed by atoms with Crippen molar-refractivity contribution in [2.24, 2.45) is 5.92 Å². The number of carbonyl (C=O) groups excluding carboxylic acids is 2. The maximum Gasteiger partial charge on any atom is 0.228 e. The maximum absolute atomic E-state index is 13.2. The van der Waals surface area contributed by atoms with Crippen LogP contribution in [0, 0.1) is 11.7 Å². The molecule has 10 heteroatoms. The van der Waals surface area contributed by atoms with Gasteiger partial charge in [0.1, 0.15) is 5.82 Å². The molecule has 0 saturated carbocycles. The zero-order valence-corrected chi connectivity index (χ0v) is 17.8. The largest absolute Gasteiger partial charge is 0.326 e. The fourth-order valence-corrected chi connectivity index (χ4v) is 5.07. The van der Waals surface area contributed by atoms with Crippen molar-refractivity contribution in [2.45, 2.75) is 23.1 Å². The quantitative estimate of drug-likeness (QED) is 0.710. The Bertz CT molecular complexity index is 1080. The molecular weight excluding hydrogens is 439 g/mol. The van der Waals surface area contributed by atoms with Crippen LogP contribution >= 0.6 is 23.4 Å². The number of nitrogens with one attached hydrogen (secondary N) is 2. The molecule has 3 rings (SSSR count). The van der Waals surface area contributed by atoms with Crippen LogP contribution in [0.1, 0.15) is 13.3 Å². The van der Waals surface area contributed by atoms with Gasteiger partial charge in [0.05, 0.1) is 21.4 Å². The van der Waals surface area contributed by atoms with Crippen LogP contribution in [0.4, 0.5) is 15.8 Å². The van der Waals surface area contributed by atoms with E-state index in [4.69, 9.17) is 11.6 Å². The summed E-state index contributed by atoms with van der Waals surface area (Å²) in [7, 11) is -3.75. The third-order valence-corrected chi connectivity index (χ3v) is 7.64. The van der Waals surface area contributed by atoms with Crippen LogP contribution in [0.2, 0.25) is 5.02 Å². The number of anilines is 2. The predicted molar refractivity (Wildman–Crippen MR) is 112 cm³/mol. The van der Waals surface area contributed by atoms with Gasteiger partial charge < -0.3 is 10.6 Å². The van der Waals surface area contributed by atoms with E-state index in [0.717, 1.165) is 11.0 Å². The molecule has 0 saturated heterocycles. The topological polar surface area (TPSA) is 92.3 Å². The number of fused-ring (bicyclic) bond motifs is 1. The van der Waals surface area contributed by atoms with Gasteiger partial charge >= 0.3 is 0 Å². The molecule has 2 N–H and O–H groups in total. The smallest absolute Gasteiger partial charge is 0.228 e. The molecular formula is C19H18ClFN2O4S2. The summed E-state index contributed by atoms with van der Waals surface area (Å²) in [5.74, 6) is -1.30. The number of carbonyl (C=O) groups is 2. The summed E-state index contributed by atoms with van der Waals surface area (Å²) >= 11 is 7.14. The first-order chi connectivity index (χ1) is 13.7. The number of amides is 2. The Morgan fingerprint density at radius 1 is 1.31 bits per heavy atom. The molecule has 154 valence electrons. The second kappa shape index (κ2) is 8.73. The normalized spacial score (nSPS) is 16.5. The lowest BCUT2D eigenvalue weighted by atomic mass is 10.2. The van der Waals surface area contributed by atoms with Crippen LogP contribution in [-0.2, 0) is 19.4 Å². The summed E-state index contributed by atoms with van der Waals surface area (Å²) in [5.41, 5.74) is 0.730. The van der Waals surface area contributed by atoms with Crippen molar-refractivity contribution in [2.75, 3.05) is 22.1 Å². The van der Waals surface area contributed by atoms with Crippen LogP contribution in [0.25, 0.3) is 0 Å². The number of halogens is 2. The molecule has 29 heavy (non-hydrogen) atoms. The van der Waals surface area contributed by atoms with E-state index < -0.39 is 27.3 Å². The van der Waals surface area contributed by atoms with Crippen molar-refractivity contribution in [3.05, 3.63) is 47.2 Å². The Hall–Kier alpha value is -2.10. The van der Waals surface area contributed by atoms with E-state index in [2.05, 4.69) is 10.6 Å². The van der Waals surface area contributed by atoms with Gasteiger partial charge in [-0.3, -0.25) is 9.59 Å². The molecule has 1 aliphatic heterocycles. The van der Waals surface area contributed by atoms with E-state index in [1.165, 1.54) is 36.0 Å². The Labute approximate surface area is 177 Å². The van der Waals surface area contributed by atoms with Gasteiger partial charge in [0.25, 0.3) is 0 Å².